The Morgan fingerprint density at radius 1 is 1.00 bits per heavy atom. The summed E-state index contributed by atoms with van der Waals surface area (Å²) in [6.45, 7) is 3.66. The highest BCUT2D eigenvalue weighted by Gasteiger charge is 2.30. The van der Waals surface area contributed by atoms with Crippen LogP contribution in [0.4, 0.5) is 0 Å². The summed E-state index contributed by atoms with van der Waals surface area (Å²) in [7, 11) is 0. The standard InChI is InChI=1S/C18H24O6S/c1-3-23-17(21)15(18(22)24-4-2)12-25-11-14(16(19)20)10-13-8-6-5-7-9-13/h5-9,14-15H,3-4,10-12H2,1-2H3,(H,19,20). The lowest BCUT2D eigenvalue weighted by Gasteiger charge is -2.16. The maximum Gasteiger partial charge on any atom is 0.321 e. The Bertz CT molecular complexity index is 542. The predicted molar refractivity (Wildman–Crippen MR) is 95.4 cm³/mol. The van der Waals surface area contributed by atoms with Gasteiger partial charge < -0.3 is 14.6 Å². The van der Waals surface area contributed by atoms with Gasteiger partial charge in [0, 0.05) is 11.5 Å². The molecule has 0 aromatic heterocycles. The van der Waals surface area contributed by atoms with Crippen LogP contribution in [0.25, 0.3) is 0 Å². The number of rotatable bonds is 11. The first-order chi connectivity index (χ1) is 12.0. The van der Waals surface area contributed by atoms with Crippen molar-refractivity contribution < 1.29 is 29.0 Å². The molecule has 1 unspecified atom stereocenters. The molecular weight excluding hydrogens is 344 g/mol. The molecule has 0 heterocycles. The minimum absolute atomic E-state index is 0.135. The summed E-state index contributed by atoms with van der Waals surface area (Å²) in [6, 6.07) is 9.34. The van der Waals surface area contributed by atoms with Crippen molar-refractivity contribution in [2.24, 2.45) is 11.8 Å². The minimum Gasteiger partial charge on any atom is -0.481 e. The van der Waals surface area contributed by atoms with Crippen molar-refractivity contribution in [1.82, 2.24) is 0 Å². The number of carboxylic acids is 1. The van der Waals surface area contributed by atoms with Crippen LogP contribution in [-0.2, 0) is 30.3 Å². The molecule has 0 aliphatic heterocycles. The second kappa shape index (κ2) is 11.5. The molecule has 1 aromatic carbocycles. The Labute approximate surface area is 151 Å². The van der Waals surface area contributed by atoms with E-state index in [1.54, 1.807) is 13.8 Å². The Morgan fingerprint density at radius 2 is 1.56 bits per heavy atom. The van der Waals surface area contributed by atoms with Crippen LogP contribution in [0.1, 0.15) is 19.4 Å². The third-order valence-electron chi connectivity index (χ3n) is 3.42. The van der Waals surface area contributed by atoms with Crippen molar-refractivity contribution in [3.05, 3.63) is 35.9 Å². The van der Waals surface area contributed by atoms with Gasteiger partial charge in [-0.05, 0) is 25.8 Å². The number of esters is 2. The molecule has 1 atom stereocenters. The van der Waals surface area contributed by atoms with E-state index in [1.807, 2.05) is 30.3 Å². The average Bonchev–Trinajstić information content (AvgIpc) is 2.58. The van der Waals surface area contributed by atoms with Crippen molar-refractivity contribution in [3.63, 3.8) is 0 Å². The van der Waals surface area contributed by atoms with Gasteiger partial charge in [0.2, 0.25) is 0 Å². The Kier molecular flexibility index (Phi) is 9.69. The molecule has 0 radical (unpaired) electrons. The van der Waals surface area contributed by atoms with Crippen LogP contribution >= 0.6 is 11.8 Å². The van der Waals surface area contributed by atoms with Crippen molar-refractivity contribution in [2.45, 2.75) is 20.3 Å². The molecule has 1 N–H and O–H groups in total. The number of hydrogen-bond donors (Lipinski definition) is 1. The number of hydrogen-bond acceptors (Lipinski definition) is 6. The second-order valence-corrected chi connectivity index (χ2v) is 6.39. The van der Waals surface area contributed by atoms with E-state index < -0.39 is 29.7 Å². The maximum absolute atomic E-state index is 11.9. The first-order valence-corrected chi connectivity index (χ1v) is 9.32. The lowest BCUT2D eigenvalue weighted by molar-refractivity contribution is -0.160. The zero-order valence-corrected chi connectivity index (χ0v) is 15.3. The zero-order valence-electron chi connectivity index (χ0n) is 14.5. The third-order valence-corrected chi connectivity index (χ3v) is 4.63. The maximum atomic E-state index is 11.9. The molecule has 0 aliphatic carbocycles. The lowest BCUT2D eigenvalue weighted by atomic mass is 10.0. The van der Waals surface area contributed by atoms with Crippen LogP contribution in [0, 0.1) is 11.8 Å². The van der Waals surface area contributed by atoms with Gasteiger partial charge in [-0.15, -0.1) is 0 Å². The summed E-state index contributed by atoms with van der Waals surface area (Å²) in [4.78, 5) is 35.3. The number of ether oxygens (including phenoxy) is 2. The fourth-order valence-corrected chi connectivity index (χ4v) is 3.35. The van der Waals surface area contributed by atoms with E-state index in [1.165, 1.54) is 11.8 Å². The van der Waals surface area contributed by atoms with Gasteiger partial charge in [-0.1, -0.05) is 30.3 Å². The van der Waals surface area contributed by atoms with Crippen LogP contribution in [-0.4, -0.2) is 47.7 Å². The summed E-state index contributed by atoms with van der Waals surface area (Å²) in [5.41, 5.74) is 0.933. The lowest BCUT2D eigenvalue weighted by Crippen LogP contribution is -2.30. The molecule has 0 fully saturated rings. The van der Waals surface area contributed by atoms with Crippen LogP contribution < -0.4 is 0 Å². The first-order valence-electron chi connectivity index (χ1n) is 8.17. The number of carbonyl (C=O) groups excluding carboxylic acids is 2. The van der Waals surface area contributed by atoms with Crippen molar-refractivity contribution >= 4 is 29.7 Å². The van der Waals surface area contributed by atoms with Crippen molar-refractivity contribution in [3.8, 4) is 0 Å². The van der Waals surface area contributed by atoms with Gasteiger partial charge >= 0.3 is 17.9 Å². The number of carbonyl (C=O) groups is 3. The molecule has 0 saturated heterocycles. The van der Waals surface area contributed by atoms with E-state index in [9.17, 15) is 19.5 Å². The van der Waals surface area contributed by atoms with Crippen LogP contribution in [0.3, 0.4) is 0 Å². The van der Waals surface area contributed by atoms with E-state index in [4.69, 9.17) is 9.47 Å². The Morgan fingerprint density at radius 3 is 2.04 bits per heavy atom. The monoisotopic (exact) mass is 368 g/mol. The van der Waals surface area contributed by atoms with Crippen LogP contribution in [0.5, 0.6) is 0 Å². The largest absolute Gasteiger partial charge is 0.481 e. The van der Waals surface area contributed by atoms with Crippen LogP contribution in [0.15, 0.2) is 30.3 Å². The topological polar surface area (TPSA) is 89.9 Å². The normalized spacial score (nSPS) is 11.8. The van der Waals surface area contributed by atoms with E-state index in [-0.39, 0.29) is 19.0 Å². The number of thioether (sulfide) groups is 1. The molecule has 0 saturated carbocycles. The van der Waals surface area contributed by atoms with Gasteiger partial charge in [0.25, 0.3) is 0 Å². The molecule has 1 rings (SSSR count). The van der Waals surface area contributed by atoms with Crippen LogP contribution in [0.2, 0.25) is 0 Å². The molecule has 7 heteroatoms. The summed E-state index contributed by atoms with van der Waals surface area (Å²) < 4.78 is 9.81. The Hall–Kier alpha value is -2.02. The van der Waals surface area contributed by atoms with Crippen molar-refractivity contribution in [1.29, 1.82) is 0 Å². The molecule has 0 spiro atoms. The summed E-state index contributed by atoms with van der Waals surface area (Å²) in [5.74, 6) is -3.38. The number of aliphatic carboxylic acids is 1. The van der Waals surface area contributed by atoms with Gasteiger partial charge in [-0.3, -0.25) is 14.4 Å². The first kappa shape index (κ1) is 21.0. The summed E-state index contributed by atoms with van der Waals surface area (Å²) in [6.07, 6.45) is 0.395. The fraction of sp³-hybridized carbons (Fsp3) is 0.500. The highest BCUT2D eigenvalue weighted by atomic mass is 32.2. The van der Waals surface area contributed by atoms with E-state index in [2.05, 4.69) is 0 Å². The zero-order chi connectivity index (χ0) is 18.7. The third kappa shape index (κ3) is 7.60. The molecule has 0 bridgehead atoms. The smallest absolute Gasteiger partial charge is 0.321 e. The minimum atomic E-state index is -1.03. The summed E-state index contributed by atoms with van der Waals surface area (Å²) >= 11 is 1.24. The molecule has 1 aromatic rings. The number of carboxylic acid groups (broad SMARTS) is 1. The molecule has 25 heavy (non-hydrogen) atoms. The van der Waals surface area contributed by atoms with Crippen molar-refractivity contribution in [2.75, 3.05) is 24.7 Å². The van der Waals surface area contributed by atoms with Gasteiger partial charge in [0.05, 0.1) is 19.1 Å². The Balaban J connectivity index is 2.62. The molecule has 138 valence electrons. The molecule has 0 amide bonds. The SMILES string of the molecule is CCOC(=O)C(CSCC(Cc1ccccc1)C(=O)O)C(=O)OCC. The van der Waals surface area contributed by atoms with Gasteiger partial charge in [0.1, 0.15) is 0 Å². The number of benzene rings is 1. The average molecular weight is 368 g/mol. The molecule has 0 aliphatic rings. The summed E-state index contributed by atoms with van der Waals surface area (Å²) in [5, 5.41) is 9.39. The highest BCUT2D eigenvalue weighted by Crippen LogP contribution is 2.19. The van der Waals surface area contributed by atoms with Gasteiger partial charge in [0.15, 0.2) is 5.92 Å². The molecular formula is C18H24O6S. The van der Waals surface area contributed by atoms with Gasteiger partial charge in [-0.2, -0.15) is 11.8 Å². The van der Waals surface area contributed by atoms with Gasteiger partial charge in [-0.25, -0.2) is 0 Å². The van der Waals surface area contributed by atoms with E-state index >= 15 is 0 Å². The highest BCUT2D eigenvalue weighted by molar-refractivity contribution is 7.99. The van der Waals surface area contributed by atoms with E-state index in [0.29, 0.717) is 12.2 Å². The second-order valence-electron chi connectivity index (χ2n) is 5.32. The fourth-order valence-electron chi connectivity index (χ4n) is 2.16. The van der Waals surface area contributed by atoms with E-state index in [0.717, 1.165) is 5.56 Å². The molecule has 6 nitrogen and oxygen atoms in total. The quantitative estimate of drug-likeness (QED) is 0.474. The predicted octanol–water partition coefficient (Wildman–Crippen LogP) is 2.41.